The Morgan fingerprint density at radius 2 is 1.77 bits per heavy atom. The first-order valence-electron chi connectivity index (χ1n) is 8.21. The van der Waals surface area contributed by atoms with Crippen molar-refractivity contribution in [3.63, 3.8) is 0 Å². The van der Waals surface area contributed by atoms with E-state index in [0.717, 1.165) is 33.3 Å². The van der Waals surface area contributed by atoms with Gasteiger partial charge in [-0.3, -0.25) is 5.43 Å². The Morgan fingerprint density at radius 3 is 2.54 bits per heavy atom. The molecule has 128 valence electrons. The van der Waals surface area contributed by atoms with E-state index in [1.165, 1.54) is 11.3 Å². The topological polar surface area (TPSA) is 55.1 Å². The Bertz CT molecular complexity index is 1020. The second-order valence-corrected chi connectivity index (χ2v) is 6.57. The van der Waals surface area contributed by atoms with Crippen LogP contribution in [0.5, 0.6) is 0 Å². The molecule has 0 fully saturated rings. The van der Waals surface area contributed by atoms with Crippen molar-refractivity contribution in [2.75, 3.05) is 5.43 Å². The molecule has 4 aromatic rings. The maximum Gasteiger partial charge on any atom is 0.203 e. The van der Waals surface area contributed by atoms with Crippen molar-refractivity contribution in [1.29, 1.82) is 0 Å². The van der Waals surface area contributed by atoms with Crippen molar-refractivity contribution in [3.05, 3.63) is 83.5 Å². The lowest BCUT2D eigenvalue weighted by atomic mass is 10.2. The zero-order valence-corrected chi connectivity index (χ0v) is 15.0. The van der Waals surface area contributed by atoms with E-state index in [4.69, 9.17) is 0 Å². The third kappa shape index (κ3) is 3.41. The molecule has 2 heterocycles. The van der Waals surface area contributed by atoms with E-state index in [1.807, 2.05) is 76.9 Å². The molecule has 0 amide bonds. The number of thiazole rings is 1. The van der Waals surface area contributed by atoms with Gasteiger partial charge in [0.25, 0.3) is 0 Å². The standard InChI is InChI=1S/C20H17N5S/c1-15-18(13-22-25(15)17-10-6-3-7-11-17)19-14-26-20(23-19)24-21-12-16-8-4-2-5-9-16/h2-14H,1H3,(H,23,24)/b21-12+. The molecule has 0 aliphatic rings. The summed E-state index contributed by atoms with van der Waals surface area (Å²) >= 11 is 1.52. The van der Waals surface area contributed by atoms with Crippen molar-refractivity contribution < 1.29 is 0 Å². The number of hydrazone groups is 1. The summed E-state index contributed by atoms with van der Waals surface area (Å²) in [6, 6.07) is 20.0. The fraction of sp³-hybridized carbons (Fsp3) is 0.0500. The SMILES string of the molecule is Cc1c(-c2csc(N/N=C/c3ccccc3)n2)cnn1-c1ccccc1. The Morgan fingerprint density at radius 1 is 1.04 bits per heavy atom. The summed E-state index contributed by atoms with van der Waals surface area (Å²) in [6.07, 6.45) is 3.63. The molecule has 4 rings (SSSR count). The van der Waals surface area contributed by atoms with Crippen molar-refractivity contribution in [3.8, 4) is 16.9 Å². The van der Waals surface area contributed by atoms with Crippen molar-refractivity contribution in [2.24, 2.45) is 5.10 Å². The Hall–Kier alpha value is -3.25. The summed E-state index contributed by atoms with van der Waals surface area (Å²) in [5, 5.41) is 11.5. The molecule has 0 radical (unpaired) electrons. The van der Waals surface area contributed by atoms with Crippen LogP contribution in [0.25, 0.3) is 16.9 Å². The molecule has 0 saturated carbocycles. The highest BCUT2D eigenvalue weighted by atomic mass is 32.1. The average molecular weight is 359 g/mol. The fourth-order valence-electron chi connectivity index (χ4n) is 2.64. The fourth-order valence-corrected chi connectivity index (χ4v) is 3.30. The molecule has 0 saturated heterocycles. The van der Waals surface area contributed by atoms with E-state index in [-0.39, 0.29) is 0 Å². The zero-order chi connectivity index (χ0) is 17.8. The molecule has 0 bridgehead atoms. The molecule has 26 heavy (non-hydrogen) atoms. The summed E-state index contributed by atoms with van der Waals surface area (Å²) in [7, 11) is 0. The number of para-hydroxylation sites is 1. The molecule has 2 aromatic carbocycles. The van der Waals surface area contributed by atoms with Gasteiger partial charge in [-0.15, -0.1) is 11.3 Å². The van der Waals surface area contributed by atoms with Crippen molar-refractivity contribution in [1.82, 2.24) is 14.8 Å². The van der Waals surface area contributed by atoms with E-state index >= 15 is 0 Å². The molecule has 0 spiro atoms. The van der Waals surface area contributed by atoms with Gasteiger partial charge in [-0.25, -0.2) is 9.67 Å². The lowest BCUT2D eigenvalue weighted by molar-refractivity contribution is 0.847. The average Bonchev–Trinajstić information content (AvgIpc) is 3.30. The number of nitrogens with zero attached hydrogens (tertiary/aromatic N) is 4. The minimum Gasteiger partial charge on any atom is -0.253 e. The van der Waals surface area contributed by atoms with Gasteiger partial charge in [0.15, 0.2) is 0 Å². The second kappa shape index (κ2) is 7.33. The molecule has 1 N–H and O–H groups in total. The first kappa shape index (κ1) is 16.2. The van der Waals surface area contributed by atoms with Crippen LogP contribution in [0.1, 0.15) is 11.3 Å². The van der Waals surface area contributed by atoms with Gasteiger partial charge in [0.1, 0.15) is 0 Å². The lowest BCUT2D eigenvalue weighted by Gasteiger charge is -2.04. The molecule has 0 aliphatic heterocycles. The minimum atomic E-state index is 0.749. The monoisotopic (exact) mass is 359 g/mol. The summed E-state index contributed by atoms with van der Waals surface area (Å²) in [6.45, 7) is 2.05. The number of benzene rings is 2. The molecule has 0 unspecified atom stereocenters. The highest BCUT2D eigenvalue weighted by Crippen LogP contribution is 2.28. The number of anilines is 1. The second-order valence-electron chi connectivity index (χ2n) is 5.71. The van der Waals surface area contributed by atoms with Gasteiger partial charge in [-0.2, -0.15) is 10.2 Å². The first-order valence-corrected chi connectivity index (χ1v) is 9.09. The van der Waals surface area contributed by atoms with Gasteiger partial charge in [0.05, 0.1) is 29.5 Å². The van der Waals surface area contributed by atoms with Crippen LogP contribution in [0, 0.1) is 6.92 Å². The van der Waals surface area contributed by atoms with Crippen LogP contribution >= 0.6 is 11.3 Å². The molecule has 2 aromatic heterocycles. The van der Waals surface area contributed by atoms with E-state index in [9.17, 15) is 0 Å². The van der Waals surface area contributed by atoms with Crippen LogP contribution in [0.4, 0.5) is 5.13 Å². The zero-order valence-electron chi connectivity index (χ0n) is 14.2. The highest BCUT2D eigenvalue weighted by Gasteiger charge is 2.12. The lowest BCUT2D eigenvalue weighted by Crippen LogP contribution is -1.98. The van der Waals surface area contributed by atoms with Crippen LogP contribution in [0.15, 0.2) is 77.3 Å². The quantitative estimate of drug-likeness (QED) is 0.413. The van der Waals surface area contributed by atoms with E-state index < -0.39 is 0 Å². The van der Waals surface area contributed by atoms with Crippen LogP contribution in [0.2, 0.25) is 0 Å². The number of nitrogens with one attached hydrogen (secondary N) is 1. The van der Waals surface area contributed by atoms with Gasteiger partial charge in [0, 0.05) is 10.9 Å². The van der Waals surface area contributed by atoms with Crippen LogP contribution in [0.3, 0.4) is 0 Å². The molecule has 0 atom stereocenters. The minimum absolute atomic E-state index is 0.749. The molecular formula is C20H17N5S. The summed E-state index contributed by atoms with van der Waals surface area (Å²) < 4.78 is 1.93. The molecule has 6 heteroatoms. The largest absolute Gasteiger partial charge is 0.253 e. The van der Waals surface area contributed by atoms with Gasteiger partial charge < -0.3 is 0 Å². The summed E-state index contributed by atoms with van der Waals surface area (Å²) in [5.41, 5.74) is 8.04. The van der Waals surface area contributed by atoms with Crippen molar-refractivity contribution >= 4 is 22.7 Å². The van der Waals surface area contributed by atoms with Crippen LogP contribution in [-0.4, -0.2) is 21.0 Å². The first-order chi connectivity index (χ1) is 12.8. The number of hydrogen-bond donors (Lipinski definition) is 1. The number of hydrogen-bond acceptors (Lipinski definition) is 5. The molecule has 5 nitrogen and oxygen atoms in total. The molecule has 0 aliphatic carbocycles. The normalized spacial score (nSPS) is 11.1. The van der Waals surface area contributed by atoms with Crippen LogP contribution < -0.4 is 5.43 Å². The summed E-state index contributed by atoms with van der Waals surface area (Å²) in [4.78, 5) is 4.62. The Labute approximate surface area is 155 Å². The Kier molecular flexibility index (Phi) is 4.57. The van der Waals surface area contributed by atoms with Gasteiger partial charge >= 0.3 is 0 Å². The highest BCUT2D eigenvalue weighted by molar-refractivity contribution is 7.14. The van der Waals surface area contributed by atoms with Gasteiger partial charge in [0.2, 0.25) is 5.13 Å². The van der Waals surface area contributed by atoms with Crippen molar-refractivity contribution in [2.45, 2.75) is 6.92 Å². The van der Waals surface area contributed by atoms with Crippen LogP contribution in [-0.2, 0) is 0 Å². The van der Waals surface area contributed by atoms with E-state index in [1.54, 1.807) is 6.21 Å². The predicted molar refractivity (Wildman–Crippen MR) is 107 cm³/mol. The smallest absolute Gasteiger partial charge is 0.203 e. The summed E-state index contributed by atoms with van der Waals surface area (Å²) in [5.74, 6) is 0. The van der Waals surface area contributed by atoms with E-state index in [0.29, 0.717) is 0 Å². The third-order valence-corrected chi connectivity index (χ3v) is 4.71. The number of rotatable bonds is 5. The molecular weight excluding hydrogens is 342 g/mol. The maximum absolute atomic E-state index is 4.62. The predicted octanol–water partition coefficient (Wildman–Crippen LogP) is 4.75. The van der Waals surface area contributed by atoms with Gasteiger partial charge in [-0.05, 0) is 24.6 Å². The third-order valence-electron chi connectivity index (χ3n) is 3.96. The van der Waals surface area contributed by atoms with E-state index in [2.05, 4.69) is 27.5 Å². The van der Waals surface area contributed by atoms with Gasteiger partial charge in [-0.1, -0.05) is 48.5 Å². The number of aromatic nitrogens is 3. The Balaban J connectivity index is 1.52. The maximum atomic E-state index is 4.62.